The molecule has 0 unspecified atom stereocenters. The Balaban J connectivity index is 1.77. The quantitative estimate of drug-likeness (QED) is 0.0583. The van der Waals surface area contributed by atoms with Crippen molar-refractivity contribution in [3.63, 3.8) is 0 Å². The Morgan fingerprint density at radius 2 is 1.40 bits per heavy atom. The number of primary amides is 1. The van der Waals surface area contributed by atoms with Gasteiger partial charge in [0.2, 0.25) is 23.6 Å². The summed E-state index contributed by atoms with van der Waals surface area (Å²) in [5.41, 5.74) is 23.7. The average molecular weight is 628 g/mol. The molecular formula is C32H53N9O4. The maximum absolute atomic E-state index is 13.8. The van der Waals surface area contributed by atoms with Crippen LogP contribution in [0.15, 0.2) is 30.3 Å². The van der Waals surface area contributed by atoms with E-state index < -0.39 is 47.8 Å². The third-order valence-corrected chi connectivity index (χ3v) is 9.38. The van der Waals surface area contributed by atoms with Gasteiger partial charge in [-0.25, -0.2) is 0 Å². The first-order valence-corrected chi connectivity index (χ1v) is 16.3. The molecular weight excluding hydrogens is 574 g/mol. The maximum atomic E-state index is 13.8. The second kappa shape index (κ2) is 17.7. The molecule has 13 nitrogen and oxygen atoms in total. The smallest absolute Gasteiger partial charge is 0.243 e. The number of nitrogens with one attached hydrogen (secondary N) is 5. The van der Waals surface area contributed by atoms with E-state index in [0.717, 1.165) is 50.0 Å². The lowest BCUT2D eigenvalue weighted by atomic mass is 9.58. The molecule has 0 radical (unpaired) electrons. The van der Waals surface area contributed by atoms with E-state index in [0.29, 0.717) is 51.6 Å². The lowest BCUT2D eigenvalue weighted by molar-refractivity contribution is -0.134. The Kier molecular flexibility index (Phi) is 14.1. The highest BCUT2D eigenvalue weighted by molar-refractivity contribution is 5.94. The molecule has 4 atom stereocenters. The number of carbonyl (C=O) groups is 4. The minimum atomic E-state index is -0.987. The van der Waals surface area contributed by atoms with Gasteiger partial charge in [-0.15, -0.1) is 0 Å². The van der Waals surface area contributed by atoms with Gasteiger partial charge in [0, 0.05) is 6.54 Å². The molecule has 4 rings (SSSR count). The van der Waals surface area contributed by atoms with Crippen LogP contribution >= 0.6 is 0 Å². The highest BCUT2D eigenvalue weighted by Gasteiger charge is 2.43. The SMILES string of the molecule is N=C(N)NCCC[C@H](NC(=O)[C@@H](N)Cc1ccccc1)C(=O)N[C@@H](CC12CCC(CC1)CC2)C(=O)N[C@@H](CCCCN)C(N)=O. The fourth-order valence-corrected chi connectivity index (χ4v) is 6.65. The molecule has 3 aliphatic rings. The van der Waals surface area contributed by atoms with Gasteiger partial charge in [-0.2, -0.15) is 0 Å². The summed E-state index contributed by atoms with van der Waals surface area (Å²) >= 11 is 0. The number of nitrogens with two attached hydrogens (primary N) is 4. The van der Waals surface area contributed by atoms with Crippen LogP contribution in [0.1, 0.15) is 82.6 Å². The molecule has 1 aromatic carbocycles. The summed E-state index contributed by atoms with van der Waals surface area (Å²) in [6.45, 7) is 0.786. The summed E-state index contributed by atoms with van der Waals surface area (Å²) in [5.74, 6) is -1.59. The molecule has 250 valence electrons. The number of benzene rings is 1. The average Bonchev–Trinajstić information content (AvgIpc) is 3.02. The Morgan fingerprint density at radius 1 is 0.822 bits per heavy atom. The minimum absolute atomic E-state index is 0.0754. The van der Waals surface area contributed by atoms with Crippen LogP contribution in [-0.4, -0.2) is 66.8 Å². The van der Waals surface area contributed by atoms with E-state index in [2.05, 4.69) is 21.3 Å². The highest BCUT2D eigenvalue weighted by Crippen LogP contribution is 2.52. The standard InChI is InChI=1S/C32H53N9O4/c33-17-5-4-9-24(27(35)42)39-30(45)26(20-32-14-11-21(12-15-32)13-16-32)41-29(44)25(10-6-18-38-31(36)37)40-28(43)23(34)19-22-7-2-1-3-8-22/h1-3,7-8,21,23-26H,4-6,9-20,33-34H2,(H2,35,42)(H,39,45)(H,40,43)(H,41,44)(H4,36,37,38)/t21?,23-,24-,25-,26-,32?/m0/s1. The second-order valence-electron chi connectivity index (χ2n) is 12.8. The van der Waals surface area contributed by atoms with Gasteiger partial charge >= 0.3 is 0 Å². The van der Waals surface area contributed by atoms with Crippen molar-refractivity contribution < 1.29 is 19.2 Å². The molecule has 13 N–H and O–H groups in total. The zero-order valence-electron chi connectivity index (χ0n) is 26.3. The number of hydrogen-bond donors (Lipinski definition) is 9. The fourth-order valence-electron chi connectivity index (χ4n) is 6.65. The molecule has 2 bridgehead atoms. The topological polar surface area (TPSA) is 244 Å². The monoisotopic (exact) mass is 627 g/mol. The van der Waals surface area contributed by atoms with Crippen molar-refractivity contribution in [2.75, 3.05) is 13.1 Å². The predicted octanol–water partition coefficient (Wildman–Crippen LogP) is 0.249. The van der Waals surface area contributed by atoms with Crippen LogP contribution in [0.25, 0.3) is 0 Å². The molecule has 45 heavy (non-hydrogen) atoms. The first-order valence-electron chi connectivity index (χ1n) is 16.3. The molecule has 0 spiro atoms. The summed E-state index contributed by atoms with van der Waals surface area (Å²) in [6, 6.07) is 5.68. The van der Waals surface area contributed by atoms with Crippen LogP contribution in [0.2, 0.25) is 0 Å². The second-order valence-corrected chi connectivity index (χ2v) is 12.8. The first kappa shape index (κ1) is 35.8. The van der Waals surface area contributed by atoms with Crippen molar-refractivity contribution in [3.8, 4) is 0 Å². The Bertz CT molecular complexity index is 1130. The van der Waals surface area contributed by atoms with E-state index in [1.807, 2.05) is 30.3 Å². The van der Waals surface area contributed by atoms with Crippen molar-refractivity contribution in [1.82, 2.24) is 21.3 Å². The number of unbranched alkanes of at least 4 members (excludes halogenated alkanes) is 1. The normalized spacial score (nSPS) is 21.5. The van der Waals surface area contributed by atoms with Crippen molar-refractivity contribution >= 4 is 29.6 Å². The third kappa shape index (κ3) is 11.6. The number of amides is 4. The Labute approximate surface area is 266 Å². The van der Waals surface area contributed by atoms with Crippen LogP contribution in [0, 0.1) is 16.7 Å². The summed E-state index contributed by atoms with van der Waals surface area (Å²) < 4.78 is 0. The van der Waals surface area contributed by atoms with Crippen molar-refractivity contribution in [3.05, 3.63) is 35.9 Å². The third-order valence-electron chi connectivity index (χ3n) is 9.38. The van der Waals surface area contributed by atoms with E-state index in [9.17, 15) is 19.2 Å². The van der Waals surface area contributed by atoms with E-state index in [-0.39, 0.29) is 17.8 Å². The zero-order valence-corrected chi connectivity index (χ0v) is 26.3. The number of fused-ring (bicyclic) bond motifs is 3. The van der Waals surface area contributed by atoms with Gasteiger partial charge in [0.1, 0.15) is 18.1 Å². The molecule has 0 saturated heterocycles. The van der Waals surface area contributed by atoms with Gasteiger partial charge in [-0.1, -0.05) is 30.3 Å². The van der Waals surface area contributed by atoms with Crippen molar-refractivity contribution in [2.45, 2.75) is 108 Å². The number of guanidine groups is 1. The van der Waals surface area contributed by atoms with Gasteiger partial charge in [0.25, 0.3) is 0 Å². The van der Waals surface area contributed by atoms with Crippen LogP contribution < -0.4 is 44.2 Å². The Hall–Kier alpha value is -3.71. The molecule has 3 fully saturated rings. The fraction of sp³-hybridized carbons (Fsp3) is 0.656. The van der Waals surface area contributed by atoms with Crippen LogP contribution in [0.4, 0.5) is 0 Å². The number of hydrogen-bond acceptors (Lipinski definition) is 7. The predicted molar refractivity (Wildman–Crippen MR) is 173 cm³/mol. The van der Waals surface area contributed by atoms with Crippen LogP contribution in [0.3, 0.4) is 0 Å². The lowest BCUT2D eigenvalue weighted by Gasteiger charge is -2.48. The van der Waals surface area contributed by atoms with E-state index in [1.165, 1.54) is 0 Å². The lowest BCUT2D eigenvalue weighted by Crippen LogP contribution is -2.59. The number of rotatable bonds is 19. The summed E-state index contributed by atoms with van der Waals surface area (Å²) in [4.78, 5) is 53.0. The largest absolute Gasteiger partial charge is 0.370 e. The molecule has 4 amide bonds. The number of carbonyl (C=O) groups excluding carboxylic acids is 4. The molecule has 1 aromatic rings. The van der Waals surface area contributed by atoms with Gasteiger partial charge in [-0.05, 0) is 107 Å². The molecule has 0 aliphatic heterocycles. The zero-order chi connectivity index (χ0) is 32.8. The highest BCUT2D eigenvalue weighted by atomic mass is 16.2. The molecule has 0 heterocycles. The summed E-state index contributed by atoms with van der Waals surface area (Å²) in [5, 5.41) is 18.6. The molecule has 13 heteroatoms. The maximum Gasteiger partial charge on any atom is 0.243 e. The minimum Gasteiger partial charge on any atom is -0.370 e. The summed E-state index contributed by atoms with van der Waals surface area (Å²) in [7, 11) is 0. The van der Waals surface area contributed by atoms with E-state index in [1.54, 1.807) is 0 Å². The van der Waals surface area contributed by atoms with Gasteiger partial charge in [0.05, 0.1) is 6.04 Å². The van der Waals surface area contributed by atoms with Crippen molar-refractivity contribution in [1.29, 1.82) is 5.41 Å². The van der Waals surface area contributed by atoms with Gasteiger partial charge in [-0.3, -0.25) is 24.6 Å². The van der Waals surface area contributed by atoms with E-state index >= 15 is 0 Å². The summed E-state index contributed by atoms with van der Waals surface area (Å²) in [6.07, 6.45) is 9.30. The van der Waals surface area contributed by atoms with Crippen molar-refractivity contribution in [2.24, 2.45) is 34.3 Å². The Morgan fingerprint density at radius 3 is 2.00 bits per heavy atom. The van der Waals surface area contributed by atoms with Crippen LogP contribution in [-0.2, 0) is 25.6 Å². The van der Waals surface area contributed by atoms with Gasteiger partial charge in [0.15, 0.2) is 5.96 Å². The first-order chi connectivity index (χ1) is 21.5. The van der Waals surface area contributed by atoms with E-state index in [4.69, 9.17) is 28.3 Å². The molecule has 3 aliphatic carbocycles. The van der Waals surface area contributed by atoms with Crippen LogP contribution in [0.5, 0.6) is 0 Å². The van der Waals surface area contributed by atoms with Gasteiger partial charge < -0.3 is 44.2 Å². The molecule has 0 aromatic heterocycles. The molecule has 3 saturated carbocycles.